The summed E-state index contributed by atoms with van der Waals surface area (Å²) in [5.41, 5.74) is 1.10. The van der Waals surface area contributed by atoms with Gasteiger partial charge in [0, 0.05) is 16.0 Å². The molecule has 2 aromatic carbocycles. The summed E-state index contributed by atoms with van der Waals surface area (Å²) in [5.74, 6) is -0.468. The molecule has 0 aliphatic carbocycles. The van der Waals surface area contributed by atoms with Crippen molar-refractivity contribution in [2.45, 2.75) is 6.17 Å². The Kier molecular flexibility index (Phi) is 5.03. The normalized spacial score (nSPS) is 10.4. The van der Waals surface area contributed by atoms with E-state index >= 15 is 0 Å². The van der Waals surface area contributed by atoms with Crippen LogP contribution in [0.2, 0.25) is 0 Å². The first-order valence-corrected chi connectivity index (χ1v) is 8.37. The lowest BCUT2D eigenvalue weighted by Gasteiger charge is -2.19. The van der Waals surface area contributed by atoms with Crippen molar-refractivity contribution >= 4 is 23.2 Å². The minimum atomic E-state index is -0.578. The highest BCUT2D eigenvalue weighted by atomic mass is 32.1. The van der Waals surface area contributed by atoms with Crippen LogP contribution in [0.5, 0.6) is 0 Å². The maximum Gasteiger partial charge on any atom is 0.253 e. The molecule has 0 unspecified atom stereocenters. The third kappa shape index (κ3) is 3.88. The van der Waals surface area contributed by atoms with Gasteiger partial charge in [0.15, 0.2) is 0 Å². The van der Waals surface area contributed by atoms with Crippen molar-refractivity contribution in [2.24, 2.45) is 0 Å². The van der Waals surface area contributed by atoms with Gasteiger partial charge in [-0.25, -0.2) is 0 Å². The molecule has 2 amide bonds. The number of amides is 2. The molecular weight excluding hydrogens is 320 g/mol. The van der Waals surface area contributed by atoms with Crippen molar-refractivity contribution in [1.82, 2.24) is 10.6 Å². The number of benzene rings is 2. The largest absolute Gasteiger partial charge is 0.327 e. The molecule has 0 spiro atoms. The van der Waals surface area contributed by atoms with Crippen molar-refractivity contribution < 1.29 is 9.59 Å². The zero-order chi connectivity index (χ0) is 16.8. The van der Waals surface area contributed by atoms with Crippen LogP contribution in [-0.2, 0) is 0 Å². The van der Waals surface area contributed by atoms with E-state index in [2.05, 4.69) is 10.6 Å². The summed E-state index contributed by atoms with van der Waals surface area (Å²) in [6, 6.07) is 21.6. The average molecular weight is 336 g/mol. The number of thiophene rings is 1. The molecule has 1 heterocycles. The topological polar surface area (TPSA) is 58.2 Å². The Labute approximate surface area is 144 Å². The third-order valence-electron chi connectivity index (χ3n) is 3.45. The predicted octanol–water partition coefficient (Wildman–Crippen LogP) is 3.61. The average Bonchev–Trinajstić information content (AvgIpc) is 3.17. The number of hydrogen-bond donors (Lipinski definition) is 2. The van der Waals surface area contributed by atoms with Gasteiger partial charge in [-0.05, 0) is 35.7 Å². The van der Waals surface area contributed by atoms with Crippen molar-refractivity contribution in [3.63, 3.8) is 0 Å². The summed E-state index contributed by atoms with van der Waals surface area (Å²) >= 11 is 1.48. The van der Waals surface area contributed by atoms with Crippen LogP contribution in [-0.4, -0.2) is 11.8 Å². The Bertz CT molecular complexity index is 748. The summed E-state index contributed by atoms with van der Waals surface area (Å²) in [4.78, 5) is 25.7. The summed E-state index contributed by atoms with van der Waals surface area (Å²) < 4.78 is 0. The molecule has 0 saturated carbocycles. The first-order valence-electron chi connectivity index (χ1n) is 7.49. The zero-order valence-corrected chi connectivity index (χ0v) is 13.6. The summed E-state index contributed by atoms with van der Waals surface area (Å²) in [7, 11) is 0. The van der Waals surface area contributed by atoms with E-state index in [1.165, 1.54) is 11.3 Å². The summed E-state index contributed by atoms with van der Waals surface area (Å²) in [6.07, 6.45) is -0.578. The molecule has 0 radical (unpaired) electrons. The number of rotatable bonds is 5. The summed E-state index contributed by atoms with van der Waals surface area (Å²) in [5, 5.41) is 7.66. The van der Waals surface area contributed by atoms with E-state index < -0.39 is 6.17 Å². The Morgan fingerprint density at radius 1 is 0.708 bits per heavy atom. The first-order chi connectivity index (χ1) is 11.7. The van der Waals surface area contributed by atoms with Gasteiger partial charge in [0.05, 0.1) is 0 Å². The van der Waals surface area contributed by atoms with E-state index in [-0.39, 0.29) is 11.8 Å². The molecule has 3 rings (SSSR count). The maximum atomic E-state index is 12.4. The minimum Gasteiger partial charge on any atom is -0.327 e. The van der Waals surface area contributed by atoms with Gasteiger partial charge in [0.2, 0.25) is 0 Å². The molecule has 0 fully saturated rings. The van der Waals surface area contributed by atoms with Crippen molar-refractivity contribution in [3.05, 3.63) is 94.2 Å². The van der Waals surface area contributed by atoms with E-state index in [9.17, 15) is 9.59 Å². The number of carbonyl (C=O) groups is 2. The molecule has 0 aliphatic rings. The van der Waals surface area contributed by atoms with Crippen LogP contribution in [0.25, 0.3) is 0 Å². The molecule has 0 aliphatic heterocycles. The zero-order valence-electron chi connectivity index (χ0n) is 12.8. The lowest BCUT2D eigenvalue weighted by molar-refractivity contribution is 0.0885. The fourth-order valence-electron chi connectivity index (χ4n) is 2.24. The van der Waals surface area contributed by atoms with Crippen LogP contribution in [0.1, 0.15) is 31.8 Å². The fourth-order valence-corrected chi connectivity index (χ4v) is 2.97. The first kappa shape index (κ1) is 16.0. The van der Waals surface area contributed by atoms with Crippen LogP contribution < -0.4 is 10.6 Å². The van der Waals surface area contributed by atoms with Crippen LogP contribution in [0.15, 0.2) is 78.2 Å². The molecule has 0 bridgehead atoms. The number of nitrogens with one attached hydrogen (secondary N) is 2. The number of carbonyl (C=O) groups excluding carboxylic acids is 2. The molecule has 24 heavy (non-hydrogen) atoms. The van der Waals surface area contributed by atoms with E-state index in [1.807, 2.05) is 29.6 Å². The second kappa shape index (κ2) is 7.57. The van der Waals surface area contributed by atoms with Gasteiger partial charge >= 0.3 is 0 Å². The maximum absolute atomic E-state index is 12.4. The van der Waals surface area contributed by atoms with Crippen molar-refractivity contribution in [1.29, 1.82) is 0 Å². The van der Waals surface area contributed by atoms with Gasteiger partial charge in [0.25, 0.3) is 11.8 Å². The molecule has 1 aromatic heterocycles. The van der Waals surface area contributed by atoms with E-state index in [0.29, 0.717) is 11.1 Å². The van der Waals surface area contributed by atoms with Gasteiger partial charge in [-0.2, -0.15) is 0 Å². The highest BCUT2D eigenvalue weighted by Gasteiger charge is 2.19. The molecule has 3 aromatic rings. The molecule has 2 N–H and O–H groups in total. The second-order valence-electron chi connectivity index (χ2n) is 5.13. The smallest absolute Gasteiger partial charge is 0.253 e. The van der Waals surface area contributed by atoms with Gasteiger partial charge in [0.1, 0.15) is 6.17 Å². The Balaban J connectivity index is 1.77. The Hall–Kier alpha value is -2.92. The standard InChI is InChI=1S/C19H16N2O2S/c22-18(14-8-3-1-4-9-14)20-17(16-12-7-13-24-16)21-19(23)15-10-5-2-6-11-15/h1-13,17H,(H,20,22)(H,21,23). The van der Waals surface area contributed by atoms with Crippen LogP contribution >= 0.6 is 11.3 Å². The number of hydrogen-bond acceptors (Lipinski definition) is 3. The lowest BCUT2D eigenvalue weighted by atomic mass is 10.2. The minimum absolute atomic E-state index is 0.234. The molecule has 120 valence electrons. The molecule has 0 saturated heterocycles. The molecule has 4 nitrogen and oxygen atoms in total. The predicted molar refractivity (Wildman–Crippen MR) is 94.9 cm³/mol. The summed E-state index contributed by atoms with van der Waals surface area (Å²) in [6.45, 7) is 0. The van der Waals surface area contributed by atoms with Crippen molar-refractivity contribution in [3.8, 4) is 0 Å². The highest BCUT2D eigenvalue weighted by molar-refractivity contribution is 7.10. The van der Waals surface area contributed by atoms with E-state index in [0.717, 1.165) is 4.88 Å². The Morgan fingerprint density at radius 3 is 1.62 bits per heavy atom. The van der Waals surface area contributed by atoms with Gasteiger partial charge in [-0.3, -0.25) is 9.59 Å². The van der Waals surface area contributed by atoms with Gasteiger partial charge in [-0.15, -0.1) is 11.3 Å². The second-order valence-corrected chi connectivity index (χ2v) is 6.11. The highest BCUT2D eigenvalue weighted by Crippen LogP contribution is 2.18. The third-order valence-corrected chi connectivity index (χ3v) is 4.39. The monoisotopic (exact) mass is 336 g/mol. The van der Waals surface area contributed by atoms with Crippen LogP contribution in [0.4, 0.5) is 0 Å². The van der Waals surface area contributed by atoms with E-state index in [4.69, 9.17) is 0 Å². The van der Waals surface area contributed by atoms with Gasteiger partial charge in [-0.1, -0.05) is 42.5 Å². The van der Waals surface area contributed by atoms with Crippen LogP contribution in [0.3, 0.4) is 0 Å². The molecular formula is C19H16N2O2S. The van der Waals surface area contributed by atoms with Crippen LogP contribution in [0, 0.1) is 0 Å². The Morgan fingerprint density at radius 2 is 1.21 bits per heavy atom. The van der Waals surface area contributed by atoms with E-state index in [1.54, 1.807) is 48.5 Å². The van der Waals surface area contributed by atoms with Crippen molar-refractivity contribution in [2.75, 3.05) is 0 Å². The quantitative estimate of drug-likeness (QED) is 0.699. The van der Waals surface area contributed by atoms with Gasteiger partial charge < -0.3 is 10.6 Å². The SMILES string of the molecule is O=C(NC(NC(=O)c1ccccc1)c1cccs1)c1ccccc1. The fraction of sp³-hybridized carbons (Fsp3) is 0.0526. The molecule has 0 atom stereocenters. The lowest BCUT2D eigenvalue weighted by Crippen LogP contribution is -2.40. The molecule has 5 heteroatoms.